The van der Waals surface area contributed by atoms with Gasteiger partial charge in [0.2, 0.25) is 0 Å². The fourth-order valence-corrected chi connectivity index (χ4v) is 3.50. The standard InChI is InChI=1S/C22H26N4O3/c1-4-22(18-8-6-5-7-9-18)20(28)26(21(29)23-22)24-19(27)15-25(3)14-17-12-10-16(2)11-13-17/h5-13H,4,14-15H2,1-3H3,(H,23,29)(H,24,27)/t22-/m0/s1. The van der Waals surface area contributed by atoms with Crippen LogP contribution in [0.15, 0.2) is 54.6 Å². The Balaban J connectivity index is 1.65. The third-order valence-corrected chi connectivity index (χ3v) is 5.11. The molecule has 1 atom stereocenters. The predicted octanol–water partition coefficient (Wildman–Crippen LogP) is 2.32. The molecular formula is C22H26N4O3. The molecule has 29 heavy (non-hydrogen) atoms. The Hall–Kier alpha value is -3.19. The normalized spacial score (nSPS) is 18.8. The molecule has 2 aromatic rings. The van der Waals surface area contributed by atoms with Crippen molar-refractivity contribution in [1.82, 2.24) is 20.7 Å². The van der Waals surface area contributed by atoms with Gasteiger partial charge in [-0.15, -0.1) is 0 Å². The lowest BCUT2D eigenvalue weighted by atomic mass is 9.87. The molecule has 2 aromatic carbocycles. The van der Waals surface area contributed by atoms with E-state index in [1.54, 1.807) is 12.1 Å². The van der Waals surface area contributed by atoms with E-state index in [2.05, 4.69) is 10.7 Å². The smallest absolute Gasteiger partial charge is 0.318 e. The first-order chi connectivity index (χ1) is 13.9. The van der Waals surface area contributed by atoms with Crippen LogP contribution in [-0.2, 0) is 21.7 Å². The summed E-state index contributed by atoms with van der Waals surface area (Å²) < 4.78 is 0. The van der Waals surface area contributed by atoms with Crippen molar-refractivity contribution in [2.75, 3.05) is 13.6 Å². The van der Waals surface area contributed by atoms with E-state index in [0.29, 0.717) is 18.5 Å². The van der Waals surface area contributed by atoms with E-state index in [1.807, 2.05) is 68.3 Å². The van der Waals surface area contributed by atoms with Crippen molar-refractivity contribution in [3.63, 3.8) is 0 Å². The lowest BCUT2D eigenvalue weighted by molar-refractivity contribution is -0.139. The summed E-state index contributed by atoms with van der Waals surface area (Å²) in [6.07, 6.45) is 0.376. The van der Waals surface area contributed by atoms with Crippen molar-refractivity contribution >= 4 is 17.8 Å². The van der Waals surface area contributed by atoms with E-state index in [0.717, 1.165) is 10.6 Å². The van der Waals surface area contributed by atoms with Gasteiger partial charge in [0.1, 0.15) is 5.54 Å². The Morgan fingerprint density at radius 1 is 1.10 bits per heavy atom. The number of nitrogens with one attached hydrogen (secondary N) is 2. The van der Waals surface area contributed by atoms with Gasteiger partial charge in [-0.25, -0.2) is 4.79 Å². The largest absolute Gasteiger partial charge is 0.344 e. The van der Waals surface area contributed by atoms with E-state index >= 15 is 0 Å². The summed E-state index contributed by atoms with van der Waals surface area (Å²) in [7, 11) is 1.81. The molecule has 0 saturated carbocycles. The molecule has 3 rings (SSSR count). The number of nitrogens with zero attached hydrogens (tertiary/aromatic N) is 2. The summed E-state index contributed by atoms with van der Waals surface area (Å²) in [6, 6.07) is 16.5. The highest BCUT2D eigenvalue weighted by Gasteiger charge is 2.52. The van der Waals surface area contributed by atoms with Crippen molar-refractivity contribution in [2.24, 2.45) is 0 Å². The van der Waals surface area contributed by atoms with E-state index in [1.165, 1.54) is 5.56 Å². The Bertz CT molecular complexity index is 898. The average molecular weight is 394 g/mol. The number of rotatable bonds is 7. The monoisotopic (exact) mass is 394 g/mol. The lowest BCUT2D eigenvalue weighted by Crippen LogP contribution is -2.50. The first-order valence-electron chi connectivity index (χ1n) is 9.61. The molecule has 7 nitrogen and oxygen atoms in total. The van der Waals surface area contributed by atoms with Crippen molar-refractivity contribution in [1.29, 1.82) is 0 Å². The molecule has 1 fully saturated rings. The van der Waals surface area contributed by atoms with E-state index in [-0.39, 0.29) is 6.54 Å². The molecule has 4 amide bonds. The lowest BCUT2D eigenvalue weighted by Gasteiger charge is -2.25. The fraction of sp³-hybridized carbons (Fsp3) is 0.318. The van der Waals surface area contributed by atoms with Crippen LogP contribution in [0.25, 0.3) is 0 Å². The van der Waals surface area contributed by atoms with Gasteiger partial charge in [0.25, 0.3) is 11.8 Å². The maximum absolute atomic E-state index is 13.0. The number of carbonyl (C=O) groups is 3. The maximum atomic E-state index is 13.0. The SMILES string of the molecule is CC[C@@]1(c2ccccc2)NC(=O)N(NC(=O)CN(C)Cc2ccc(C)cc2)C1=O. The van der Waals surface area contributed by atoms with Crippen LogP contribution >= 0.6 is 0 Å². The maximum Gasteiger partial charge on any atom is 0.344 e. The summed E-state index contributed by atoms with van der Waals surface area (Å²) in [5.74, 6) is -0.909. The highest BCUT2D eigenvalue weighted by atomic mass is 16.2. The van der Waals surface area contributed by atoms with Gasteiger partial charge in [-0.3, -0.25) is 19.9 Å². The minimum atomic E-state index is -1.17. The Morgan fingerprint density at radius 2 is 1.76 bits per heavy atom. The predicted molar refractivity (Wildman–Crippen MR) is 109 cm³/mol. The van der Waals surface area contributed by atoms with E-state index in [9.17, 15) is 14.4 Å². The Kier molecular flexibility index (Phi) is 5.98. The van der Waals surface area contributed by atoms with E-state index < -0.39 is 23.4 Å². The van der Waals surface area contributed by atoms with Crippen LogP contribution in [0, 0.1) is 6.92 Å². The van der Waals surface area contributed by atoms with Gasteiger partial charge in [-0.05, 0) is 31.5 Å². The first-order valence-corrected chi connectivity index (χ1v) is 9.61. The summed E-state index contributed by atoms with van der Waals surface area (Å²) in [6.45, 7) is 4.48. The summed E-state index contributed by atoms with van der Waals surface area (Å²) in [5, 5.41) is 3.54. The Morgan fingerprint density at radius 3 is 2.38 bits per heavy atom. The molecule has 1 aliphatic rings. The zero-order valence-corrected chi connectivity index (χ0v) is 16.9. The minimum Gasteiger partial charge on any atom is -0.318 e. The van der Waals surface area contributed by atoms with Gasteiger partial charge >= 0.3 is 6.03 Å². The second kappa shape index (κ2) is 8.45. The molecule has 0 unspecified atom stereocenters. The van der Waals surface area contributed by atoms with Gasteiger partial charge < -0.3 is 5.32 Å². The van der Waals surface area contributed by atoms with Gasteiger partial charge in [-0.1, -0.05) is 67.1 Å². The number of hydrogen-bond acceptors (Lipinski definition) is 4. The topological polar surface area (TPSA) is 81.8 Å². The van der Waals surface area contributed by atoms with Crippen molar-refractivity contribution in [3.05, 3.63) is 71.3 Å². The highest BCUT2D eigenvalue weighted by Crippen LogP contribution is 2.31. The molecular weight excluding hydrogens is 368 g/mol. The minimum absolute atomic E-state index is 0.0510. The molecule has 0 bridgehead atoms. The van der Waals surface area contributed by atoms with Crippen LogP contribution in [0.2, 0.25) is 0 Å². The Labute approximate surface area is 170 Å². The van der Waals surface area contributed by atoms with Crippen LogP contribution in [-0.4, -0.2) is 41.3 Å². The summed E-state index contributed by atoms with van der Waals surface area (Å²) >= 11 is 0. The zero-order valence-electron chi connectivity index (χ0n) is 16.9. The molecule has 0 aliphatic carbocycles. The van der Waals surface area contributed by atoms with Crippen molar-refractivity contribution in [2.45, 2.75) is 32.4 Å². The number of aryl methyl sites for hydroxylation is 1. The quantitative estimate of drug-likeness (QED) is 0.706. The zero-order chi connectivity index (χ0) is 21.0. The molecule has 0 aromatic heterocycles. The van der Waals surface area contributed by atoms with Crippen LogP contribution in [0.5, 0.6) is 0 Å². The number of hydrazine groups is 1. The third kappa shape index (κ3) is 4.30. The molecule has 1 heterocycles. The molecule has 0 radical (unpaired) electrons. The van der Waals surface area contributed by atoms with Crippen molar-refractivity contribution in [3.8, 4) is 0 Å². The average Bonchev–Trinajstić information content (AvgIpc) is 2.95. The first kappa shape index (κ1) is 20.5. The number of amides is 4. The van der Waals surface area contributed by atoms with Crippen LogP contribution in [0.3, 0.4) is 0 Å². The summed E-state index contributed by atoms with van der Waals surface area (Å²) in [5.41, 5.74) is 4.23. The second-order valence-electron chi connectivity index (χ2n) is 7.39. The second-order valence-corrected chi connectivity index (χ2v) is 7.39. The molecule has 152 valence electrons. The fourth-order valence-electron chi connectivity index (χ4n) is 3.50. The number of carbonyl (C=O) groups excluding carboxylic acids is 3. The van der Waals surface area contributed by atoms with Gasteiger partial charge in [0.05, 0.1) is 6.54 Å². The number of benzene rings is 2. The summed E-state index contributed by atoms with van der Waals surface area (Å²) in [4.78, 5) is 39.7. The van der Waals surface area contributed by atoms with Gasteiger partial charge in [-0.2, -0.15) is 5.01 Å². The number of imide groups is 1. The third-order valence-electron chi connectivity index (χ3n) is 5.11. The molecule has 1 saturated heterocycles. The molecule has 7 heteroatoms. The number of hydrogen-bond donors (Lipinski definition) is 2. The van der Waals surface area contributed by atoms with Crippen LogP contribution < -0.4 is 10.7 Å². The van der Waals surface area contributed by atoms with Crippen molar-refractivity contribution < 1.29 is 14.4 Å². The number of urea groups is 1. The number of likely N-dealkylation sites (N-methyl/N-ethyl adjacent to an activating group) is 1. The van der Waals surface area contributed by atoms with Gasteiger partial charge in [0.15, 0.2) is 0 Å². The highest BCUT2D eigenvalue weighted by molar-refractivity contribution is 6.08. The molecule has 2 N–H and O–H groups in total. The molecule has 0 spiro atoms. The van der Waals surface area contributed by atoms with Gasteiger partial charge in [0, 0.05) is 6.54 Å². The van der Waals surface area contributed by atoms with Crippen LogP contribution in [0.1, 0.15) is 30.0 Å². The van der Waals surface area contributed by atoms with Crippen LogP contribution in [0.4, 0.5) is 4.79 Å². The van der Waals surface area contributed by atoms with E-state index in [4.69, 9.17) is 0 Å². The molecule has 1 aliphatic heterocycles.